The van der Waals surface area contributed by atoms with E-state index in [9.17, 15) is 0 Å². The lowest BCUT2D eigenvalue weighted by Gasteiger charge is -2.30. The first kappa shape index (κ1) is 20.4. The van der Waals surface area contributed by atoms with E-state index in [4.69, 9.17) is 18.9 Å². The van der Waals surface area contributed by atoms with Crippen molar-refractivity contribution >= 4 is 11.1 Å². The summed E-state index contributed by atoms with van der Waals surface area (Å²) in [6.45, 7) is 4.06. The van der Waals surface area contributed by atoms with Crippen molar-refractivity contribution in [3.63, 3.8) is 0 Å². The fraction of sp³-hybridized carbons (Fsp3) is 0.500. The summed E-state index contributed by atoms with van der Waals surface area (Å²) in [5, 5.41) is 3.63. The summed E-state index contributed by atoms with van der Waals surface area (Å²) in [5.74, 6) is 3.51. The molecule has 1 aromatic heterocycles. The highest BCUT2D eigenvalue weighted by molar-refractivity contribution is 5.73. The first-order chi connectivity index (χ1) is 15.2. The monoisotopic (exact) mass is 420 g/mol. The number of rotatable bonds is 6. The average Bonchev–Trinajstić information content (AvgIpc) is 3.43. The Hall–Kier alpha value is -2.53. The molecule has 5 rings (SSSR count). The molecule has 2 atom stereocenters. The highest BCUT2D eigenvalue weighted by atomic mass is 16.5. The van der Waals surface area contributed by atoms with E-state index >= 15 is 0 Å². The molecule has 0 bridgehead atoms. The standard InChI is InChI=1S/C26H32N2O3/c1-17-7-9-22-24(11-17)31-26(28-22)13-18-12-20(16-27-15-18)19-8-10-23(29-2)25(14-19)30-21-5-3-4-6-21/h7-11,14,18,20-21,27H,3-6,12-13,15-16H2,1-2H3/t18-,20-/m1/s1. The molecule has 0 unspecified atom stereocenters. The number of benzene rings is 2. The van der Waals surface area contributed by atoms with E-state index in [-0.39, 0.29) is 0 Å². The average molecular weight is 421 g/mol. The van der Waals surface area contributed by atoms with E-state index in [1.165, 1.54) is 24.0 Å². The minimum Gasteiger partial charge on any atom is -0.493 e. The highest BCUT2D eigenvalue weighted by Crippen LogP contribution is 2.37. The Balaban J connectivity index is 1.30. The van der Waals surface area contributed by atoms with Gasteiger partial charge in [0.2, 0.25) is 0 Å². The van der Waals surface area contributed by atoms with Gasteiger partial charge < -0.3 is 19.2 Å². The third-order valence-corrected chi connectivity index (χ3v) is 6.75. The molecule has 1 saturated heterocycles. The summed E-state index contributed by atoms with van der Waals surface area (Å²) < 4.78 is 17.9. The number of piperidine rings is 1. The third-order valence-electron chi connectivity index (χ3n) is 6.75. The van der Waals surface area contributed by atoms with Crippen LogP contribution in [0.2, 0.25) is 0 Å². The quantitative estimate of drug-likeness (QED) is 0.578. The topological polar surface area (TPSA) is 56.5 Å². The van der Waals surface area contributed by atoms with Gasteiger partial charge in [-0.2, -0.15) is 0 Å². The highest BCUT2D eigenvalue weighted by Gasteiger charge is 2.26. The number of hydrogen-bond donors (Lipinski definition) is 1. The van der Waals surface area contributed by atoms with Crippen LogP contribution in [0.5, 0.6) is 11.5 Å². The maximum Gasteiger partial charge on any atom is 0.195 e. The Bertz CT molecular complexity index is 1040. The molecule has 164 valence electrons. The van der Waals surface area contributed by atoms with Crippen LogP contribution < -0.4 is 14.8 Å². The fourth-order valence-corrected chi connectivity index (χ4v) is 5.08. The van der Waals surface area contributed by atoms with Gasteiger partial charge >= 0.3 is 0 Å². The number of nitrogens with zero attached hydrogens (tertiary/aromatic N) is 1. The molecule has 2 aliphatic rings. The van der Waals surface area contributed by atoms with Crippen molar-refractivity contribution in [3.05, 3.63) is 53.4 Å². The lowest BCUT2D eigenvalue weighted by Crippen LogP contribution is -2.36. The van der Waals surface area contributed by atoms with Gasteiger partial charge in [0.25, 0.3) is 0 Å². The van der Waals surface area contributed by atoms with Gasteiger partial charge in [0.1, 0.15) is 5.52 Å². The summed E-state index contributed by atoms with van der Waals surface area (Å²) in [4.78, 5) is 4.71. The van der Waals surface area contributed by atoms with Crippen molar-refractivity contribution in [2.24, 2.45) is 5.92 Å². The molecule has 0 amide bonds. The van der Waals surface area contributed by atoms with Crippen molar-refractivity contribution in [2.75, 3.05) is 20.2 Å². The van der Waals surface area contributed by atoms with Crippen LogP contribution in [0.25, 0.3) is 11.1 Å². The van der Waals surface area contributed by atoms with Crippen LogP contribution in [0, 0.1) is 12.8 Å². The number of hydrogen-bond acceptors (Lipinski definition) is 5. The summed E-state index contributed by atoms with van der Waals surface area (Å²) in [7, 11) is 1.72. The van der Waals surface area contributed by atoms with Gasteiger partial charge in [-0.3, -0.25) is 0 Å². The molecule has 31 heavy (non-hydrogen) atoms. The minimum absolute atomic E-state index is 0.323. The molecule has 5 heteroatoms. The molecule has 1 aliphatic carbocycles. The second-order valence-electron chi connectivity index (χ2n) is 9.17. The van der Waals surface area contributed by atoms with Crippen LogP contribution in [0.15, 0.2) is 40.8 Å². The zero-order valence-corrected chi connectivity index (χ0v) is 18.5. The number of fused-ring (bicyclic) bond motifs is 1. The van der Waals surface area contributed by atoms with Crippen LogP contribution in [-0.2, 0) is 6.42 Å². The summed E-state index contributed by atoms with van der Waals surface area (Å²) >= 11 is 0. The molecular formula is C26H32N2O3. The molecule has 0 radical (unpaired) electrons. The molecule has 1 aliphatic heterocycles. The van der Waals surface area contributed by atoms with Crippen LogP contribution in [0.1, 0.15) is 55.0 Å². The lowest BCUT2D eigenvalue weighted by atomic mass is 9.84. The van der Waals surface area contributed by atoms with Gasteiger partial charge in [-0.25, -0.2) is 4.98 Å². The Morgan fingerprint density at radius 2 is 1.94 bits per heavy atom. The lowest BCUT2D eigenvalue weighted by molar-refractivity contribution is 0.200. The van der Waals surface area contributed by atoms with Crippen LogP contribution >= 0.6 is 0 Å². The van der Waals surface area contributed by atoms with E-state index in [0.717, 1.165) is 67.3 Å². The maximum atomic E-state index is 6.32. The first-order valence-corrected chi connectivity index (χ1v) is 11.6. The summed E-state index contributed by atoms with van der Waals surface area (Å²) in [6.07, 6.45) is 7.10. The van der Waals surface area contributed by atoms with Crippen LogP contribution in [0.3, 0.4) is 0 Å². The Kier molecular flexibility index (Phi) is 5.86. The third kappa shape index (κ3) is 4.57. The van der Waals surface area contributed by atoms with E-state index in [1.807, 2.05) is 6.07 Å². The zero-order valence-electron chi connectivity index (χ0n) is 18.5. The van der Waals surface area contributed by atoms with Crippen molar-refractivity contribution in [2.45, 2.75) is 57.5 Å². The predicted octanol–water partition coefficient (Wildman–Crippen LogP) is 5.40. The molecule has 5 nitrogen and oxygen atoms in total. The van der Waals surface area contributed by atoms with E-state index in [2.05, 4.69) is 42.6 Å². The molecule has 1 N–H and O–H groups in total. The number of methoxy groups -OCH3 is 1. The van der Waals surface area contributed by atoms with Crippen molar-refractivity contribution < 1.29 is 13.9 Å². The van der Waals surface area contributed by atoms with Crippen LogP contribution in [-0.4, -0.2) is 31.3 Å². The van der Waals surface area contributed by atoms with Crippen LogP contribution in [0.4, 0.5) is 0 Å². The van der Waals surface area contributed by atoms with Gasteiger partial charge in [-0.05, 0) is 92.8 Å². The Morgan fingerprint density at radius 3 is 2.77 bits per heavy atom. The zero-order chi connectivity index (χ0) is 21.2. The van der Waals surface area contributed by atoms with E-state index < -0.39 is 0 Å². The van der Waals surface area contributed by atoms with Gasteiger partial charge in [-0.15, -0.1) is 0 Å². The van der Waals surface area contributed by atoms with E-state index in [0.29, 0.717) is 17.9 Å². The smallest absolute Gasteiger partial charge is 0.195 e. The van der Waals surface area contributed by atoms with Gasteiger partial charge in [0.05, 0.1) is 13.2 Å². The Morgan fingerprint density at radius 1 is 1.06 bits per heavy atom. The normalized spacial score (nSPS) is 22.1. The molecule has 2 aromatic carbocycles. The minimum atomic E-state index is 0.323. The van der Waals surface area contributed by atoms with Crippen molar-refractivity contribution in [1.82, 2.24) is 10.3 Å². The van der Waals surface area contributed by atoms with Crippen molar-refractivity contribution in [1.29, 1.82) is 0 Å². The van der Waals surface area contributed by atoms with Crippen molar-refractivity contribution in [3.8, 4) is 11.5 Å². The Labute approximate surface area is 184 Å². The first-order valence-electron chi connectivity index (χ1n) is 11.6. The molecule has 3 aromatic rings. The van der Waals surface area contributed by atoms with Gasteiger partial charge in [-0.1, -0.05) is 12.1 Å². The predicted molar refractivity (Wildman–Crippen MR) is 122 cm³/mol. The second-order valence-corrected chi connectivity index (χ2v) is 9.17. The number of ether oxygens (including phenoxy) is 2. The van der Waals surface area contributed by atoms with Gasteiger partial charge in [0, 0.05) is 13.0 Å². The summed E-state index contributed by atoms with van der Waals surface area (Å²) in [6, 6.07) is 12.7. The number of oxazole rings is 1. The van der Waals surface area contributed by atoms with E-state index in [1.54, 1.807) is 7.11 Å². The molecule has 2 heterocycles. The molecular weight excluding hydrogens is 388 g/mol. The SMILES string of the molecule is COc1ccc([C@H]2CNC[C@@H](Cc3nc4ccc(C)cc4o3)C2)cc1OC1CCCC1. The fourth-order valence-electron chi connectivity index (χ4n) is 5.08. The largest absolute Gasteiger partial charge is 0.493 e. The molecule has 2 fully saturated rings. The van der Waals surface area contributed by atoms with Gasteiger partial charge in [0.15, 0.2) is 23.0 Å². The second kappa shape index (κ2) is 8.91. The number of nitrogens with one attached hydrogen (secondary N) is 1. The number of aromatic nitrogens is 1. The maximum absolute atomic E-state index is 6.32. The molecule has 1 saturated carbocycles. The summed E-state index contributed by atoms with van der Waals surface area (Å²) in [5.41, 5.74) is 4.35. The molecule has 0 spiro atoms. The number of aryl methyl sites for hydroxylation is 1.